The van der Waals surface area contributed by atoms with Crippen LogP contribution in [-0.4, -0.2) is 54.4 Å². The third-order valence-corrected chi connectivity index (χ3v) is 4.67. The number of carboxylic acid groups (broad SMARTS) is 1. The molecule has 0 aromatic carbocycles. The molecule has 2 aliphatic rings. The van der Waals surface area contributed by atoms with Crippen molar-refractivity contribution in [1.29, 1.82) is 0 Å². The fraction of sp³-hybridized carbons (Fsp3) is 0.867. The van der Waals surface area contributed by atoms with E-state index in [2.05, 4.69) is 5.32 Å². The van der Waals surface area contributed by atoms with Crippen molar-refractivity contribution in [2.75, 3.05) is 26.3 Å². The Balaban J connectivity index is 1.81. The Morgan fingerprint density at radius 3 is 2.62 bits per heavy atom. The minimum Gasteiger partial charge on any atom is -0.481 e. The van der Waals surface area contributed by atoms with Gasteiger partial charge < -0.3 is 20.1 Å². The summed E-state index contributed by atoms with van der Waals surface area (Å²) in [5.41, 5.74) is 0. The quantitative estimate of drug-likeness (QED) is 0.782. The van der Waals surface area contributed by atoms with Gasteiger partial charge in [0.05, 0.1) is 19.3 Å². The molecule has 1 aliphatic heterocycles. The standard InChI is InChI=1S/C15H26N2O4/c1-2-17(13-10-21-9-12(13)14(18)19)15(20)16-8-7-11-5-3-4-6-11/h11-13H,2-10H2,1H3,(H,16,20)(H,18,19). The van der Waals surface area contributed by atoms with Crippen molar-refractivity contribution in [3.63, 3.8) is 0 Å². The molecule has 1 aliphatic carbocycles. The molecule has 2 amide bonds. The van der Waals surface area contributed by atoms with Gasteiger partial charge in [-0.25, -0.2) is 4.79 Å². The van der Waals surface area contributed by atoms with Gasteiger partial charge in [-0.05, 0) is 19.3 Å². The van der Waals surface area contributed by atoms with Crippen LogP contribution in [0.3, 0.4) is 0 Å². The van der Waals surface area contributed by atoms with Crippen LogP contribution in [-0.2, 0) is 9.53 Å². The van der Waals surface area contributed by atoms with E-state index in [1.54, 1.807) is 4.90 Å². The molecular weight excluding hydrogens is 272 g/mol. The average molecular weight is 298 g/mol. The number of carbonyl (C=O) groups is 2. The highest BCUT2D eigenvalue weighted by Crippen LogP contribution is 2.27. The van der Waals surface area contributed by atoms with E-state index in [1.165, 1.54) is 25.7 Å². The molecule has 120 valence electrons. The molecule has 21 heavy (non-hydrogen) atoms. The highest BCUT2D eigenvalue weighted by molar-refractivity contribution is 5.77. The van der Waals surface area contributed by atoms with E-state index in [4.69, 9.17) is 4.74 Å². The Kier molecular flexibility index (Phi) is 5.85. The molecular formula is C15H26N2O4. The summed E-state index contributed by atoms with van der Waals surface area (Å²) in [7, 11) is 0. The van der Waals surface area contributed by atoms with Gasteiger partial charge in [0.1, 0.15) is 5.92 Å². The molecule has 0 aromatic rings. The predicted octanol–water partition coefficient (Wildman–Crippen LogP) is 1.70. The molecule has 0 bridgehead atoms. The van der Waals surface area contributed by atoms with Crippen molar-refractivity contribution < 1.29 is 19.4 Å². The lowest BCUT2D eigenvalue weighted by atomic mass is 10.0. The molecule has 0 aromatic heterocycles. The second-order valence-corrected chi connectivity index (χ2v) is 6.01. The van der Waals surface area contributed by atoms with Gasteiger partial charge in [0.25, 0.3) is 0 Å². The molecule has 2 unspecified atom stereocenters. The van der Waals surface area contributed by atoms with Gasteiger partial charge in [-0.3, -0.25) is 4.79 Å². The first-order valence-corrected chi connectivity index (χ1v) is 7.98. The van der Waals surface area contributed by atoms with E-state index in [0.29, 0.717) is 19.7 Å². The van der Waals surface area contributed by atoms with Crippen molar-refractivity contribution in [2.24, 2.45) is 11.8 Å². The van der Waals surface area contributed by atoms with Crippen molar-refractivity contribution in [2.45, 2.75) is 45.1 Å². The number of nitrogens with zero attached hydrogens (tertiary/aromatic N) is 1. The van der Waals surface area contributed by atoms with Crippen LogP contribution in [0.4, 0.5) is 4.79 Å². The average Bonchev–Trinajstić information content (AvgIpc) is 3.10. The van der Waals surface area contributed by atoms with Crippen molar-refractivity contribution >= 4 is 12.0 Å². The fourth-order valence-corrected chi connectivity index (χ4v) is 3.40. The van der Waals surface area contributed by atoms with Gasteiger partial charge in [-0.1, -0.05) is 25.7 Å². The molecule has 1 saturated heterocycles. The minimum atomic E-state index is -0.894. The molecule has 6 heteroatoms. The number of amides is 2. The first-order valence-electron chi connectivity index (χ1n) is 7.98. The lowest BCUT2D eigenvalue weighted by Gasteiger charge is -2.29. The summed E-state index contributed by atoms with van der Waals surface area (Å²) in [4.78, 5) is 25.1. The first kappa shape index (κ1) is 16.1. The molecule has 2 atom stereocenters. The zero-order chi connectivity index (χ0) is 15.2. The molecule has 2 rings (SSSR count). The number of ether oxygens (including phenoxy) is 1. The number of nitrogens with one attached hydrogen (secondary N) is 1. The highest BCUT2D eigenvalue weighted by atomic mass is 16.5. The van der Waals surface area contributed by atoms with Crippen molar-refractivity contribution in [3.05, 3.63) is 0 Å². The summed E-state index contributed by atoms with van der Waals surface area (Å²) < 4.78 is 5.25. The fourth-order valence-electron chi connectivity index (χ4n) is 3.40. The topological polar surface area (TPSA) is 78.9 Å². The Morgan fingerprint density at radius 1 is 1.29 bits per heavy atom. The van der Waals surface area contributed by atoms with E-state index in [0.717, 1.165) is 12.3 Å². The maximum atomic E-state index is 12.3. The lowest BCUT2D eigenvalue weighted by molar-refractivity contribution is -0.142. The van der Waals surface area contributed by atoms with E-state index < -0.39 is 11.9 Å². The summed E-state index contributed by atoms with van der Waals surface area (Å²) in [6.07, 6.45) is 6.17. The van der Waals surface area contributed by atoms with Gasteiger partial charge in [0, 0.05) is 13.1 Å². The molecule has 0 radical (unpaired) electrons. The Bertz CT molecular complexity index is 369. The molecule has 1 heterocycles. The summed E-state index contributed by atoms with van der Waals surface area (Å²) in [6.45, 7) is 3.53. The largest absolute Gasteiger partial charge is 0.481 e. The van der Waals surface area contributed by atoms with Gasteiger partial charge >= 0.3 is 12.0 Å². The smallest absolute Gasteiger partial charge is 0.317 e. The van der Waals surface area contributed by atoms with Gasteiger partial charge in [0.2, 0.25) is 0 Å². The normalized spacial score (nSPS) is 26.0. The monoisotopic (exact) mass is 298 g/mol. The Morgan fingerprint density at radius 2 is 2.00 bits per heavy atom. The van der Waals surface area contributed by atoms with Gasteiger partial charge in [-0.2, -0.15) is 0 Å². The van der Waals surface area contributed by atoms with E-state index >= 15 is 0 Å². The number of likely N-dealkylation sites (N-methyl/N-ethyl adjacent to an activating group) is 1. The number of urea groups is 1. The molecule has 6 nitrogen and oxygen atoms in total. The number of hydrogen-bond donors (Lipinski definition) is 2. The number of carbonyl (C=O) groups excluding carboxylic acids is 1. The van der Waals surface area contributed by atoms with Crippen LogP contribution in [0.5, 0.6) is 0 Å². The van der Waals surface area contributed by atoms with Gasteiger partial charge in [-0.15, -0.1) is 0 Å². The van der Waals surface area contributed by atoms with Gasteiger partial charge in [0.15, 0.2) is 0 Å². The summed E-state index contributed by atoms with van der Waals surface area (Å²) in [5.74, 6) is -0.776. The lowest BCUT2D eigenvalue weighted by Crippen LogP contribution is -2.50. The SMILES string of the molecule is CCN(C(=O)NCCC1CCCC1)C1COCC1C(=O)O. The second kappa shape index (κ2) is 7.64. The number of carboxylic acids is 1. The summed E-state index contributed by atoms with van der Waals surface area (Å²) >= 11 is 0. The summed E-state index contributed by atoms with van der Waals surface area (Å²) in [5, 5.41) is 12.1. The third-order valence-electron chi connectivity index (χ3n) is 4.67. The number of aliphatic carboxylic acids is 1. The number of hydrogen-bond acceptors (Lipinski definition) is 3. The zero-order valence-electron chi connectivity index (χ0n) is 12.7. The third kappa shape index (κ3) is 4.09. The van der Waals surface area contributed by atoms with Crippen LogP contribution in [0, 0.1) is 11.8 Å². The van der Waals surface area contributed by atoms with Crippen molar-refractivity contribution in [3.8, 4) is 0 Å². The molecule has 0 spiro atoms. The molecule has 1 saturated carbocycles. The molecule has 2 N–H and O–H groups in total. The van der Waals surface area contributed by atoms with Crippen LogP contribution < -0.4 is 5.32 Å². The van der Waals surface area contributed by atoms with Crippen LogP contribution in [0.25, 0.3) is 0 Å². The maximum Gasteiger partial charge on any atom is 0.317 e. The van der Waals surface area contributed by atoms with E-state index in [9.17, 15) is 14.7 Å². The summed E-state index contributed by atoms with van der Waals surface area (Å²) in [6, 6.07) is -0.531. The predicted molar refractivity (Wildman–Crippen MR) is 78.1 cm³/mol. The van der Waals surface area contributed by atoms with Crippen LogP contribution in [0.1, 0.15) is 39.0 Å². The Hall–Kier alpha value is -1.30. The molecule has 2 fully saturated rings. The van der Waals surface area contributed by atoms with E-state index in [-0.39, 0.29) is 18.7 Å². The second-order valence-electron chi connectivity index (χ2n) is 6.01. The Labute approximate surface area is 125 Å². The minimum absolute atomic E-state index is 0.169. The first-order chi connectivity index (χ1) is 10.1. The number of rotatable bonds is 6. The highest BCUT2D eigenvalue weighted by Gasteiger charge is 2.39. The van der Waals surface area contributed by atoms with Crippen LogP contribution >= 0.6 is 0 Å². The zero-order valence-corrected chi connectivity index (χ0v) is 12.7. The van der Waals surface area contributed by atoms with Crippen LogP contribution in [0.2, 0.25) is 0 Å². The van der Waals surface area contributed by atoms with Crippen LogP contribution in [0.15, 0.2) is 0 Å². The maximum absolute atomic E-state index is 12.3. The van der Waals surface area contributed by atoms with E-state index in [1.807, 2.05) is 6.92 Å². The van der Waals surface area contributed by atoms with Crippen molar-refractivity contribution in [1.82, 2.24) is 10.2 Å².